The van der Waals surface area contributed by atoms with E-state index in [0.29, 0.717) is 6.42 Å². The third-order valence-corrected chi connectivity index (χ3v) is 2.43. The van der Waals surface area contributed by atoms with Crippen LogP contribution in [-0.2, 0) is 4.79 Å². The van der Waals surface area contributed by atoms with Crippen molar-refractivity contribution in [1.82, 2.24) is 5.32 Å². The maximum absolute atomic E-state index is 11.3. The second-order valence-corrected chi connectivity index (χ2v) is 3.51. The second-order valence-electron chi connectivity index (χ2n) is 3.51. The van der Waals surface area contributed by atoms with Gasteiger partial charge < -0.3 is 5.32 Å². The van der Waals surface area contributed by atoms with Gasteiger partial charge in [-0.3, -0.25) is 4.79 Å². The molecule has 0 aliphatic carbocycles. The smallest absolute Gasteiger partial charge is 0.220 e. The number of carbonyl (C=O) groups excluding carboxylic acids is 1. The molecule has 0 radical (unpaired) electrons. The normalized spacial score (nSPS) is 11.8. The van der Waals surface area contributed by atoms with Crippen molar-refractivity contribution in [3.05, 3.63) is 48.6 Å². The highest BCUT2D eigenvalue weighted by Crippen LogP contribution is 2.23. The molecule has 80 valence electrons. The van der Waals surface area contributed by atoms with Crippen LogP contribution in [0.5, 0.6) is 0 Å². The number of allylic oxidation sites excluding steroid dienone is 1. The van der Waals surface area contributed by atoms with E-state index < -0.39 is 0 Å². The van der Waals surface area contributed by atoms with Crippen molar-refractivity contribution < 1.29 is 4.79 Å². The summed E-state index contributed by atoms with van der Waals surface area (Å²) in [7, 11) is 1.66. The Morgan fingerprint density at radius 1 is 1.47 bits per heavy atom. The summed E-state index contributed by atoms with van der Waals surface area (Å²) < 4.78 is 0. The molecule has 0 saturated heterocycles. The maximum Gasteiger partial charge on any atom is 0.220 e. The molecule has 1 amide bonds. The lowest BCUT2D eigenvalue weighted by Gasteiger charge is -2.14. The summed E-state index contributed by atoms with van der Waals surface area (Å²) in [5.41, 5.74) is 1.20. The van der Waals surface area contributed by atoms with E-state index in [2.05, 4.69) is 24.0 Å². The number of hydrogen-bond donors (Lipinski definition) is 1. The van der Waals surface area contributed by atoms with Crippen LogP contribution in [0.15, 0.2) is 43.0 Å². The molecule has 1 N–H and O–H groups in total. The van der Waals surface area contributed by atoms with E-state index >= 15 is 0 Å². The van der Waals surface area contributed by atoms with Crippen molar-refractivity contribution in [2.45, 2.75) is 18.8 Å². The number of hydrogen-bond acceptors (Lipinski definition) is 1. The van der Waals surface area contributed by atoms with Crippen molar-refractivity contribution in [3.8, 4) is 0 Å². The van der Waals surface area contributed by atoms with E-state index in [-0.39, 0.29) is 11.8 Å². The lowest BCUT2D eigenvalue weighted by atomic mass is 9.92. The van der Waals surface area contributed by atoms with Crippen LogP contribution in [0.25, 0.3) is 0 Å². The summed E-state index contributed by atoms with van der Waals surface area (Å²) in [6, 6.07) is 10.1. The molecule has 0 bridgehead atoms. The second kappa shape index (κ2) is 6.02. The Labute approximate surface area is 91.0 Å². The molecule has 1 unspecified atom stereocenters. The Bertz CT molecular complexity index is 319. The van der Waals surface area contributed by atoms with E-state index in [1.54, 1.807) is 7.05 Å². The van der Waals surface area contributed by atoms with Crippen LogP contribution in [0.2, 0.25) is 0 Å². The van der Waals surface area contributed by atoms with Gasteiger partial charge in [-0.1, -0.05) is 36.4 Å². The molecule has 0 aliphatic heterocycles. The molecule has 0 spiro atoms. The van der Waals surface area contributed by atoms with Crippen LogP contribution >= 0.6 is 0 Å². The summed E-state index contributed by atoms with van der Waals surface area (Å²) >= 11 is 0. The van der Waals surface area contributed by atoms with E-state index in [1.807, 2.05) is 24.3 Å². The molecule has 1 aromatic rings. The molecule has 0 heterocycles. The molecule has 0 aromatic heterocycles. The van der Waals surface area contributed by atoms with Crippen LogP contribution in [-0.4, -0.2) is 13.0 Å². The van der Waals surface area contributed by atoms with Gasteiger partial charge in [0, 0.05) is 13.5 Å². The van der Waals surface area contributed by atoms with Crippen molar-refractivity contribution >= 4 is 5.91 Å². The molecular weight excluding hydrogens is 186 g/mol. The summed E-state index contributed by atoms with van der Waals surface area (Å²) in [6.45, 7) is 3.73. The summed E-state index contributed by atoms with van der Waals surface area (Å²) in [4.78, 5) is 11.3. The highest BCUT2D eigenvalue weighted by molar-refractivity contribution is 5.76. The topological polar surface area (TPSA) is 29.1 Å². The van der Waals surface area contributed by atoms with Gasteiger partial charge in [0.2, 0.25) is 5.91 Å². The van der Waals surface area contributed by atoms with Crippen LogP contribution in [0.3, 0.4) is 0 Å². The largest absolute Gasteiger partial charge is 0.359 e. The zero-order chi connectivity index (χ0) is 11.1. The molecule has 1 aromatic carbocycles. The van der Waals surface area contributed by atoms with Crippen molar-refractivity contribution in [2.24, 2.45) is 0 Å². The average Bonchev–Trinajstić information content (AvgIpc) is 2.29. The Kier molecular flexibility index (Phi) is 4.61. The summed E-state index contributed by atoms with van der Waals surface area (Å²) in [6.07, 6.45) is 3.21. The molecule has 0 fully saturated rings. The predicted molar refractivity (Wildman–Crippen MR) is 62.7 cm³/mol. The fourth-order valence-electron chi connectivity index (χ4n) is 1.59. The first kappa shape index (κ1) is 11.5. The first-order valence-electron chi connectivity index (χ1n) is 5.14. The standard InChI is InChI=1S/C13H17NO/c1-3-7-12(10-13(15)14-2)11-8-5-4-6-9-11/h3-6,8-9,12H,1,7,10H2,2H3,(H,14,15). The Balaban J connectivity index is 2.74. The molecule has 1 atom stereocenters. The first-order valence-corrected chi connectivity index (χ1v) is 5.14. The molecule has 0 aliphatic rings. The van der Waals surface area contributed by atoms with E-state index in [1.165, 1.54) is 5.56 Å². The van der Waals surface area contributed by atoms with Gasteiger partial charge in [-0.25, -0.2) is 0 Å². The van der Waals surface area contributed by atoms with Crippen LogP contribution in [0.1, 0.15) is 24.3 Å². The third kappa shape index (κ3) is 3.58. The van der Waals surface area contributed by atoms with Crippen molar-refractivity contribution in [2.75, 3.05) is 7.05 Å². The van der Waals surface area contributed by atoms with Gasteiger partial charge >= 0.3 is 0 Å². The number of nitrogens with one attached hydrogen (secondary N) is 1. The summed E-state index contributed by atoms with van der Waals surface area (Å²) in [5.74, 6) is 0.314. The van der Waals surface area contributed by atoms with Gasteiger partial charge in [-0.2, -0.15) is 0 Å². The SMILES string of the molecule is C=CCC(CC(=O)NC)c1ccccc1. The van der Waals surface area contributed by atoms with Crippen molar-refractivity contribution in [3.63, 3.8) is 0 Å². The number of amides is 1. The van der Waals surface area contributed by atoms with Crippen LogP contribution < -0.4 is 5.32 Å². The lowest BCUT2D eigenvalue weighted by Crippen LogP contribution is -2.20. The van der Waals surface area contributed by atoms with E-state index in [4.69, 9.17) is 0 Å². The zero-order valence-corrected chi connectivity index (χ0v) is 9.07. The molecular formula is C13H17NO. The molecule has 15 heavy (non-hydrogen) atoms. The van der Waals surface area contributed by atoms with Gasteiger partial charge in [-0.15, -0.1) is 6.58 Å². The Morgan fingerprint density at radius 3 is 2.67 bits per heavy atom. The molecule has 2 heteroatoms. The summed E-state index contributed by atoms with van der Waals surface area (Å²) in [5, 5.41) is 2.65. The van der Waals surface area contributed by atoms with E-state index in [9.17, 15) is 4.79 Å². The predicted octanol–water partition coefficient (Wildman–Crippen LogP) is 2.48. The maximum atomic E-state index is 11.3. The number of benzene rings is 1. The minimum absolute atomic E-state index is 0.0747. The van der Waals surface area contributed by atoms with Crippen LogP contribution in [0.4, 0.5) is 0 Å². The van der Waals surface area contributed by atoms with Gasteiger partial charge in [-0.05, 0) is 17.9 Å². The molecule has 0 saturated carbocycles. The fourth-order valence-corrected chi connectivity index (χ4v) is 1.59. The third-order valence-electron chi connectivity index (χ3n) is 2.43. The quantitative estimate of drug-likeness (QED) is 0.732. The average molecular weight is 203 g/mol. The van der Waals surface area contributed by atoms with Crippen LogP contribution in [0, 0.1) is 0 Å². The van der Waals surface area contributed by atoms with Gasteiger partial charge in [0.1, 0.15) is 0 Å². The minimum atomic E-state index is 0.0747. The number of rotatable bonds is 5. The monoisotopic (exact) mass is 203 g/mol. The van der Waals surface area contributed by atoms with Gasteiger partial charge in [0.15, 0.2) is 0 Å². The number of carbonyl (C=O) groups is 1. The highest BCUT2D eigenvalue weighted by atomic mass is 16.1. The molecule has 1 rings (SSSR count). The van der Waals surface area contributed by atoms with E-state index in [0.717, 1.165) is 6.42 Å². The Morgan fingerprint density at radius 2 is 2.13 bits per heavy atom. The first-order chi connectivity index (χ1) is 7.27. The zero-order valence-electron chi connectivity index (χ0n) is 9.07. The Hall–Kier alpha value is -1.57. The van der Waals surface area contributed by atoms with Gasteiger partial charge in [0.25, 0.3) is 0 Å². The van der Waals surface area contributed by atoms with Crippen molar-refractivity contribution in [1.29, 1.82) is 0 Å². The minimum Gasteiger partial charge on any atom is -0.359 e. The fraction of sp³-hybridized carbons (Fsp3) is 0.308. The lowest BCUT2D eigenvalue weighted by molar-refractivity contribution is -0.120. The highest BCUT2D eigenvalue weighted by Gasteiger charge is 2.13. The van der Waals surface area contributed by atoms with Gasteiger partial charge in [0.05, 0.1) is 0 Å². The molecule has 2 nitrogen and oxygen atoms in total.